The Balaban J connectivity index is 2.29. The second kappa shape index (κ2) is 3.75. The molecule has 0 saturated heterocycles. The average molecular weight is 172 g/mol. The van der Waals surface area contributed by atoms with Crippen LogP contribution in [0.1, 0.15) is 40.0 Å². The van der Waals surface area contributed by atoms with Crippen molar-refractivity contribution in [1.29, 1.82) is 0 Å². The second-order valence-electron chi connectivity index (χ2n) is 4.03. The summed E-state index contributed by atoms with van der Waals surface area (Å²) in [4.78, 5) is 0. The first-order chi connectivity index (χ1) is 5.60. The highest BCUT2D eigenvalue weighted by atomic mass is 16.5. The maximum atomic E-state index is 9.07. The molecule has 72 valence electrons. The van der Waals surface area contributed by atoms with Crippen LogP contribution in [0.25, 0.3) is 0 Å². The Morgan fingerprint density at radius 1 is 1.42 bits per heavy atom. The van der Waals surface area contributed by atoms with Gasteiger partial charge in [-0.3, -0.25) is 0 Å². The average Bonchev–Trinajstić information content (AvgIpc) is 2.80. The fourth-order valence-electron chi connectivity index (χ4n) is 1.56. The molecule has 1 aliphatic rings. The number of aliphatic hydroxyl groups is 1. The topological polar surface area (TPSA) is 29.5 Å². The van der Waals surface area contributed by atoms with Gasteiger partial charge in [0, 0.05) is 0 Å². The highest BCUT2D eigenvalue weighted by Crippen LogP contribution is 2.47. The molecule has 2 heteroatoms. The van der Waals surface area contributed by atoms with Crippen molar-refractivity contribution in [1.82, 2.24) is 0 Å². The van der Waals surface area contributed by atoms with E-state index in [0.29, 0.717) is 12.5 Å². The molecule has 1 fully saturated rings. The Bertz CT molecular complexity index is 139. The van der Waals surface area contributed by atoms with Crippen LogP contribution in [0.2, 0.25) is 0 Å². The largest absolute Gasteiger partial charge is 0.391 e. The second-order valence-corrected chi connectivity index (χ2v) is 4.03. The standard InChI is InChI=1S/C10H20O2/c1-4-8(2)10(5-6-10)12-7-9(3)11/h8-9,11H,4-7H2,1-3H3. The molecule has 0 aliphatic heterocycles. The molecule has 0 aromatic heterocycles. The van der Waals surface area contributed by atoms with Gasteiger partial charge in [-0.1, -0.05) is 20.3 Å². The lowest BCUT2D eigenvalue weighted by Gasteiger charge is -2.23. The van der Waals surface area contributed by atoms with Crippen LogP contribution >= 0.6 is 0 Å². The highest BCUT2D eigenvalue weighted by Gasteiger charge is 2.47. The lowest BCUT2D eigenvalue weighted by Crippen LogP contribution is -2.27. The smallest absolute Gasteiger partial charge is 0.0745 e. The molecular weight excluding hydrogens is 152 g/mol. The Hall–Kier alpha value is -0.0800. The molecule has 1 rings (SSSR count). The van der Waals surface area contributed by atoms with Gasteiger partial charge in [-0.25, -0.2) is 0 Å². The van der Waals surface area contributed by atoms with Crippen LogP contribution in [-0.4, -0.2) is 23.4 Å². The van der Waals surface area contributed by atoms with Crippen LogP contribution in [0.5, 0.6) is 0 Å². The monoisotopic (exact) mass is 172 g/mol. The molecule has 0 radical (unpaired) electrons. The summed E-state index contributed by atoms with van der Waals surface area (Å²) < 4.78 is 5.70. The minimum absolute atomic E-state index is 0.131. The van der Waals surface area contributed by atoms with E-state index in [1.165, 1.54) is 19.3 Å². The van der Waals surface area contributed by atoms with E-state index in [9.17, 15) is 0 Å². The van der Waals surface area contributed by atoms with Crippen molar-refractivity contribution in [3.8, 4) is 0 Å². The molecule has 0 bridgehead atoms. The van der Waals surface area contributed by atoms with Gasteiger partial charge >= 0.3 is 0 Å². The van der Waals surface area contributed by atoms with Crippen LogP contribution in [0.4, 0.5) is 0 Å². The van der Waals surface area contributed by atoms with Gasteiger partial charge in [0.15, 0.2) is 0 Å². The predicted molar refractivity (Wildman–Crippen MR) is 49.1 cm³/mol. The van der Waals surface area contributed by atoms with Crippen LogP contribution < -0.4 is 0 Å². The van der Waals surface area contributed by atoms with Gasteiger partial charge in [0.05, 0.1) is 18.3 Å². The molecule has 0 heterocycles. The third kappa shape index (κ3) is 2.20. The molecule has 2 nitrogen and oxygen atoms in total. The molecule has 0 spiro atoms. The van der Waals surface area contributed by atoms with Crippen molar-refractivity contribution in [2.75, 3.05) is 6.61 Å². The van der Waals surface area contributed by atoms with E-state index in [-0.39, 0.29) is 11.7 Å². The normalized spacial score (nSPS) is 25.0. The van der Waals surface area contributed by atoms with Gasteiger partial charge in [-0.2, -0.15) is 0 Å². The SMILES string of the molecule is CCC(C)C1(OCC(C)O)CC1. The van der Waals surface area contributed by atoms with Crippen LogP contribution in [0.15, 0.2) is 0 Å². The minimum Gasteiger partial charge on any atom is -0.391 e. The zero-order chi connectivity index (χ0) is 9.19. The first-order valence-corrected chi connectivity index (χ1v) is 4.93. The summed E-state index contributed by atoms with van der Waals surface area (Å²) in [7, 11) is 0. The Labute approximate surface area is 74.9 Å². The summed E-state index contributed by atoms with van der Waals surface area (Å²) in [5.74, 6) is 0.635. The third-order valence-corrected chi connectivity index (χ3v) is 2.87. The highest BCUT2D eigenvalue weighted by molar-refractivity contribution is 4.99. The fourth-order valence-corrected chi connectivity index (χ4v) is 1.56. The number of hydrogen-bond donors (Lipinski definition) is 1. The van der Waals surface area contributed by atoms with Crippen LogP contribution in [0, 0.1) is 5.92 Å². The summed E-state index contributed by atoms with van der Waals surface area (Å²) in [5.41, 5.74) is 0.131. The van der Waals surface area contributed by atoms with Gasteiger partial charge in [-0.15, -0.1) is 0 Å². The summed E-state index contributed by atoms with van der Waals surface area (Å²) in [6, 6.07) is 0. The Kier molecular flexibility index (Phi) is 3.13. The zero-order valence-electron chi connectivity index (χ0n) is 8.34. The van der Waals surface area contributed by atoms with Crippen molar-refractivity contribution >= 4 is 0 Å². The number of aliphatic hydroxyl groups excluding tert-OH is 1. The first-order valence-electron chi connectivity index (χ1n) is 4.93. The van der Waals surface area contributed by atoms with E-state index >= 15 is 0 Å². The minimum atomic E-state index is -0.327. The van der Waals surface area contributed by atoms with E-state index in [2.05, 4.69) is 13.8 Å². The molecule has 1 aliphatic carbocycles. The lowest BCUT2D eigenvalue weighted by molar-refractivity contribution is -0.0442. The van der Waals surface area contributed by atoms with Crippen LogP contribution in [0.3, 0.4) is 0 Å². The quantitative estimate of drug-likeness (QED) is 0.687. The van der Waals surface area contributed by atoms with Crippen molar-refractivity contribution in [2.24, 2.45) is 5.92 Å². The molecule has 1 N–H and O–H groups in total. The summed E-state index contributed by atoms with van der Waals surface area (Å²) in [6.45, 7) is 6.68. The fraction of sp³-hybridized carbons (Fsp3) is 1.00. The van der Waals surface area contributed by atoms with E-state index in [1.54, 1.807) is 6.92 Å². The molecule has 0 aromatic carbocycles. The predicted octanol–water partition coefficient (Wildman–Crippen LogP) is 1.96. The maximum Gasteiger partial charge on any atom is 0.0745 e. The van der Waals surface area contributed by atoms with Gasteiger partial charge < -0.3 is 9.84 Å². The Morgan fingerprint density at radius 2 is 2.00 bits per heavy atom. The van der Waals surface area contributed by atoms with E-state index < -0.39 is 0 Å². The Morgan fingerprint density at radius 3 is 2.33 bits per heavy atom. The number of ether oxygens (including phenoxy) is 1. The maximum absolute atomic E-state index is 9.07. The van der Waals surface area contributed by atoms with Crippen molar-refractivity contribution in [3.05, 3.63) is 0 Å². The van der Waals surface area contributed by atoms with Gasteiger partial charge in [0.2, 0.25) is 0 Å². The van der Waals surface area contributed by atoms with E-state index in [4.69, 9.17) is 9.84 Å². The van der Waals surface area contributed by atoms with Crippen molar-refractivity contribution < 1.29 is 9.84 Å². The molecular formula is C10H20O2. The zero-order valence-corrected chi connectivity index (χ0v) is 8.34. The summed E-state index contributed by atoms with van der Waals surface area (Å²) in [6.07, 6.45) is 3.19. The first kappa shape index (κ1) is 10.0. The summed E-state index contributed by atoms with van der Waals surface area (Å²) >= 11 is 0. The number of hydrogen-bond acceptors (Lipinski definition) is 2. The molecule has 12 heavy (non-hydrogen) atoms. The van der Waals surface area contributed by atoms with Gasteiger partial charge in [0.1, 0.15) is 0 Å². The third-order valence-electron chi connectivity index (χ3n) is 2.87. The summed E-state index contributed by atoms with van der Waals surface area (Å²) in [5, 5.41) is 9.07. The molecule has 0 aromatic rings. The van der Waals surface area contributed by atoms with Crippen LogP contribution in [-0.2, 0) is 4.74 Å². The van der Waals surface area contributed by atoms with Crippen molar-refractivity contribution in [3.63, 3.8) is 0 Å². The molecule has 2 unspecified atom stereocenters. The molecule has 0 amide bonds. The van der Waals surface area contributed by atoms with Gasteiger partial charge in [0.25, 0.3) is 0 Å². The lowest BCUT2D eigenvalue weighted by atomic mass is 10.00. The van der Waals surface area contributed by atoms with E-state index in [1.807, 2.05) is 0 Å². The van der Waals surface area contributed by atoms with E-state index in [0.717, 1.165) is 0 Å². The van der Waals surface area contributed by atoms with Crippen molar-refractivity contribution in [2.45, 2.75) is 51.7 Å². The van der Waals surface area contributed by atoms with Gasteiger partial charge in [-0.05, 0) is 25.7 Å². The molecule has 2 atom stereocenters. The molecule has 1 saturated carbocycles. The number of rotatable bonds is 5.